The predicted octanol–water partition coefficient (Wildman–Crippen LogP) is 3.16. The minimum Gasteiger partial charge on any atom is -0.497 e. The number of piperidine rings is 1. The normalized spacial score (nSPS) is 18.4. The highest BCUT2D eigenvalue weighted by Crippen LogP contribution is 2.23. The number of carbonyl (C=O) groups excluding carboxylic acids is 2. The molecule has 148 valence electrons. The second kappa shape index (κ2) is 9.11. The molecule has 1 aliphatic carbocycles. The van der Waals surface area contributed by atoms with Gasteiger partial charge in [-0.1, -0.05) is 25.0 Å². The standard InChI is InChI=1S/C21H31N3O3/c1-16(25)23-13-11-19(12-14-23)24(21(26)22-18-5-3-4-6-18)15-17-7-9-20(27-2)10-8-17/h7-10,18-19H,3-6,11-15H2,1-2H3,(H,22,26). The Balaban J connectivity index is 1.69. The maximum atomic E-state index is 13.1. The molecule has 1 heterocycles. The molecule has 1 aromatic rings. The van der Waals surface area contributed by atoms with Gasteiger partial charge in [0.05, 0.1) is 7.11 Å². The summed E-state index contributed by atoms with van der Waals surface area (Å²) in [5.41, 5.74) is 1.09. The van der Waals surface area contributed by atoms with E-state index in [-0.39, 0.29) is 18.0 Å². The van der Waals surface area contributed by atoms with E-state index in [4.69, 9.17) is 4.74 Å². The van der Waals surface area contributed by atoms with E-state index < -0.39 is 0 Å². The zero-order valence-electron chi connectivity index (χ0n) is 16.4. The van der Waals surface area contributed by atoms with Gasteiger partial charge in [-0.15, -0.1) is 0 Å². The van der Waals surface area contributed by atoms with E-state index in [1.54, 1.807) is 14.0 Å². The lowest BCUT2D eigenvalue weighted by Gasteiger charge is -2.38. The molecule has 0 spiro atoms. The molecule has 2 fully saturated rings. The molecule has 0 bridgehead atoms. The molecule has 1 saturated carbocycles. The van der Waals surface area contributed by atoms with E-state index in [0.29, 0.717) is 12.6 Å². The molecular weight excluding hydrogens is 342 g/mol. The van der Waals surface area contributed by atoms with Crippen molar-refractivity contribution in [2.75, 3.05) is 20.2 Å². The average Bonchev–Trinajstić information content (AvgIpc) is 3.19. The Morgan fingerprint density at radius 2 is 1.74 bits per heavy atom. The van der Waals surface area contributed by atoms with Crippen LogP contribution in [-0.4, -0.2) is 54.0 Å². The number of urea groups is 1. The number of amides is 3. The summed E-state index contributed by atoms with van der Waals surface area (Å²) < 4.78 is 5.23. The van der Waals surface area contributed by atoms with Crippen LogP contribution >= 0.6 is 0 Å². The molecule has 0 radical (unpaired) electrons. The van der Waals surface area contributed by atoms with E-state index in [2.05, 4.69) is 5.32 Å². The van der Waals surface area contributed by atoms with Gasteiger partial charge in [0.1, 0.15) is 5.75 Å². The Morgan fingerprint density at radius 3 is 2.30 bits per heavy atom. The average molecular weight is 373 g/mol. The van der Waals surface area contributed by atoms with Crippen LogP contribution in [0, 0.1) is 0 Å². The van der Waals surface area contributed by atoms with Gasteiger partial charge in [0.15, 0.2) is 0 Å². The fourth-order valence-corrected chi connectivity index (χ4v) is 4.11. The number of hydrogen-bond acceptors (Lipinski definition) is 3. The number of benzene rings is 1. The van der Waals surface area contributed by atoms with Crippen LogP contribution < -0.4 is 10.1 Å². The van der Waals surface area contributed by atoms with Gasteiger partial charge >= 0.3 is 6.03 Å². The monoisotopic (exact) mass is 373 g/mol. The summed E-state index contributed by atoms with van der Waals surface area (Å²) in [5, 5.41) is 3.23. The number of nitrogens with zero attached hydrogens (tertiary/aromatic N) is 2. The highest BCUT2D eigenvalue weighted by molar-refractivity contribution is 5.75. The van der Waals surface area contributed by atoms with Gasteiger partial charge in [-0.3, -0.25) is 4.79 Å². The largest absolute Gasteiger partial charge is 0.497 e. The first-order chi connectivity index (χ1) is 13.1. The molecule has 2 aliphatic rings. The molecule has 0 aromatic heterocycles. The molecule has 1 saturated heterocycles. The molecule has 1 N–H and O–H groups in total. The fraction of sp³-hybridized carbons (Fsp3) is 0.619. The van der Waals surface area contributed by atoms with E-state index >= 15 is 0 Å². The zero-order valence-corrected chi connectivity index (χ0v) is 16.4. The summed E-state index contributed by atoms with van der Waals surface area (Å²) in [7, 11) is 1.65. The maximum absolute atomic E-state index is 13.1. The third-order valence-corrected chi connectivity index (χ3v) is 5.81. The van der Waals surface area contributed by atoms with Crippen molar-refractivity contribution in [3.05, 3.63) is 29.8 Å². The second-order valence-corrected chi connectivity index (χ2v) is 7.64. The molecule has 0 atom stereocenters. The topological polar surface area (TPSA) is 61.9 Å². The van der Waals surface area contributed by atoms with Gasteiger partial charge in [0.2, 0.25) is 5.91 Å². The van der Waals surface area contributed by atoms with Gasteiger partial charge in [0.25, 0.3) is 0 Å². The quantitative estimate of drug-likeness (QED) is 0.862. The molecule has 3 amide bonds. The van der Waals surface area contributed by atoms with Crippen molar-refractivity contribution in [2.45, 2.75) is 64.1 Å². The van der Waals surface area contributed by atoms with Crippen molar-refractivity contribution in [3.63, 3.8) is 0 Å². The van der Waals surface area contributed by atoms with Crippen molar-refractivity contribution in [1.29, 1.82) is 0 Å². The van der Waals surface area contributed by atoms with Crippen LogP contribution in [0.15, 0.2) is 24.3 Å². The van der Waals surface area contributed by atoms with E-state index in [1.165, 1.54) is 12.8 Å². The molecular formula is C21H31N3O3. The minimum atomic E-state index is 0.0268. The van der Waals surface area contributed by atoms with Gasteiger partial charge in [-0.05, 0) is 43.4 Å². The molecule has 1 aliphatic heterocycles. The lowest BCUT2D eigenvalue weighted by atomic mass is 10.0. The third-order valence-electron chi connectivity index (χ3n) is 5.81. The lowest BCUT2D eigenvalue weighted by Crippen LogP contribution is -2.52. The zero-order chi connectivity index (χ0) is 19.2. The Hall–Kier alpha value is -2.24. The fourth-order valence-electron chi connectivity index (χ4n) is 4.11. The summed E-state index contributed by atoms with van der Waals surface area (Å²) in [6, 6.07) is 8.37. The number of rotatable bonds is 5. The number of likely N-dealkylation sites (tertiary alicyclic amines) is 1. The van der Waals surface area contributed by atoms with Crippen molar-refractivity contribution < 1.29 is 14.3 Å². The smallest absolute Gasteiger partial charge is 0.318 e. The first-order valence-corrected chi connectivity index (χ1v) is 10.0. The third kappa shape index (κ3) is 5.15. The van der Waals surface area contributed by atoms with Crippen molar-refractivity contribution in [3.8, 4) is 5.75 Å². The molecule has 1 aromatic carbocycles. The highest BCUT2D eigenvalue weighted by atomic mass is 16.5. The second-order valence-electron chi connectivity index (χ2n) is 7.64. The number of carbonyl (C=O) groups is 2. The number of ether oxygens (including phenoxy) is 1. The molecule has 27 heavy (non-hydrogen) atoms. The summed E-state index contributed by atoms with van der Waals surface area (Å²) in [6.45, 7) is 3.63. The van der Waals surface area contributed by atoms with Gasteiger partial charge in [-0.25, -0.2) is 4.79 Å². The molecule has 3 rings (SSSR count). The SMILES string of the molecule is COc1ccc(CN(C(=O)NC2CCCC2)C2CCN(C(C)=O)CC2)cc1. The number of methoxy groups -OCH3 is 1. The number of nitrogens with one attached hydrogen (secondary N) is 1. The Labute approximate surface area is 161 Å². The maximum Gasteiger partial charge on any atom is 0.318 e. The van der Waals surface area contributed by atoms with Crippen LogP contribution in [0.1, 0.15) is 51.0 Å². The van der Waals surface area contributed by atoms with Gasteiger partial charge in [-0.2, -0.15) is 0 Å². The predicted molar refractivity (Wildman–Crippen MR) is 105 cm³/mol. The Bertz CT molecular complexity index is 633. The highest BCUT2D eigenvalue weighted by Gasteiger charge is 2.30. The van der Waals surface area contributed by atoms with Gasteiger partial charge < -0.3 is 19.9 Å². The molecule has 6 heteroatoms. The first kappa shape index (κ1) is 19.5. The lowest BCUT2D eigenvalue weighted by molar-refractivity contribution is -0.130. The van der Waals surface area contributed by atoms with Crippen LogP contribution in [0.25, 0.3) is 0 Å². The van der Waals surface area contributed by atoms with Crippen LogP contribution in [0.3, 0.4) is 0 Å². The van der Waals surface area contributed by atoms with E-state index in [9.17, 15) is 9.59 Å². The van der Waals surface area contributed by atoms with Crippen LogP contribution in [-0.2, 0) is 11.3 Å². The summed E-state index contributed by atoms with van der Waals surface area (Å²) in [4.78, 5) is 28.5. The van der Waals surface area contributed by atoms with Crippen molar-refractivity contribution in [2.24, 2.45) is 0 Å². The first-order valence-electron chi connectivity index (χ1n) is 10.0. The molecule has 6 nitrogen and oxygen atoms in total. The van der Waals surface area contributed by atoms with Crippen molar-refractivity contribution >= 4 is 11.9 Å². The summed E-state index contributed by atoms with van der Waals surface area (Å²) in [6.07, 6.45) is 6.19. The van der Waals surface area contributed by atoms with Crippen LogP contribution in [0.5, 0.6) is 5.75 Å². The minimum absolute atomic E-state index is 0.0268. The van der Waals surface area contributed by atoms with Crippen molar-refractivity contribution in [1.82, 2.24) is 15.1 Å². The van der Waals surface area contributed by atoms with Crippen LogP contribution in [0.4, 0.5) is 4.79 Å². The van der Waals surface area contributed by atoms with E-state index in [0.717, 1.165) is 50.1 Å². The Morgan fingerprint density at radius 1 is 1.11 bits per heavy atom. The van der Waals surface area contributed by atoms with Gasteiger partial charge in [0, 0.05) is 38.6 Å². The Kier molecular flexibility index (Phi) is 6.58. The number of hydrogen-bond donors (Lipinski definition) is 1. The van der Waals surface area contributed by atoms with E-state index in [1.807, 2.05) is 34.1 Å². The summed E-state index contributed by atoms with van der Waals surface area (Å²) >= 11 is 0. The molecule has 0 unspecified atom stereocenters. The van der Waals surface area contributed by atoms with Crippen LogP contribution in [0.2, 0.25) is 0 Å². The summed E-state index contributed by atoms with van der Waals surface area (Å²) in [5.74, 6) is 0.932.